The van der Waals surface area contributed by atoms with Gasteiger partial charge in [0.05, 0.1) is 5.39 Å². The summed E-state index contributed by atoms with van der Waals surface area (Å²) in [4.78, 5) is 22.3. The molecule has 0 unspecified atom stereocenters. The lowest BCUT2D eigenvalue weighted by Gasteiger charge is -1.96. The normalized spacial score (nSPS) is 10.3. The van der Waals surface area contributed by atoms with Crippen LogP contribution in [-0.2, 0) is 0 Å². The first-order valence-electron chi connectivity index (χ1n) is 3.96. The number of carbonyl (C=O) groups excluding carboxylic acids is 1. The lowest BCUT2D eigenvalue weighted by molar-refractivity contribution is 0.0989. The van der Waals surface area contributed by atoms with Crippen molar-refractivity contribution in [2.24, 2.45) is 0 Å². The molecule has 1 aromatic heterocycles. The van der Waals surface area contributed by atoms with Gasteiger partial charge in [0.15, 0.2) is 0 Å². The molecular formula is C10H6NO3. The highest BCUT2D eigenvalue weighted by Gasteiger charge is 2.10. The van der Waals surface area contributed by atoms with Crippen molar-refractivity contribution in [3.05, 3.63) is 46.3 Å². The molecule has 1 radical (unpaired) electrons. The largest absolute Gasteiger partial charge is 0.463 e. The molecule has 69 valence electrons. The molecule has 0 spiro atoms. The summed E-state index contributed by atoms with van der Waals surface area (Å²) in [5.41, 5.74) is 6.57. The van der Waals surface area contributed by atoms with Gasteiger partial charge in [-0.1, -0.05) is 12.1 Å². The number of fused-ring (bicyclic) bond motifs is 1. The van der Waals surface area contributed by atoms with Gasteiger partial charge in [-0.3, -0.25) is 15.3 Å². The third-order valence-corrected chi connectivity index (χ3v) is 1.92. The lowest BCUT2D eigenvalue weighted by Crippen LogP contribution is -2.14. The second-order valence-electron chi connectivity index (χ2n) is 2.80. The van der Waals surface area contributed by atoms with Crippen LogP contribution in [0.2, 0.25) is 0 Å². The molecule has 0 aliphatic rings. The molecule has 4 nitrogen and oxygen atoms in total. The molecule has 14 heavy (non-hydrogen) atoms. The quantitative estimate of drug-likeness (QED) is 0.675. The first-order chi connectivity index (χ1) is 6.70. The highest BCUT2D eigenvalue weighted by molar-refractivity contribution is 5.94. The third-order valence-electron chi connectivity index (χ3n) is 1.92. The van der Waals surface area contributed by atoms with Gasteiger partial charge in [-0.25, -0.2) is 0 Å². The van der Waals surface area contributed by atoms with E-state index < -0.39 is 11.3 Å². The summed E-state index contributed by atoms with van der Waals surface area (Å²) >= 11 is 0. The van der Waals surface area contributed by atoms with Crippen molar-refractivity contribution in [1.82, 2.24) is 5.73 Å². The van der Waals surface area contributed by atoms with Gasteiger partial charge in [-0.15, -0.1) is 0 Å². The SMILES string of the molecule is [NH]C(=O)c1coc2ccccc2c1=O. The van der Waals surface area contributed by atoms with Crippen molar-refractivity contribution in [3.8, 4) is 0 Å². The fourth-order valence-electron chi connectivity index (χ4n) is 1.23. The average Bonchev–Trinajstić information content (AvgIpc) is 2.18. The second-order valence-corrected chi connectivity index (χ2v) is 2.80. The molecule has 2 aromatic rings. The molecule has 1 heterocycles. The molecule has 4 heteroatoms. The molecular weight excluding hydrogens is 182 g/mol. The maximum absolute atomic E-state index is 11.6. The Morgan fingerprint density at radius 1 is 1.29 bits per heavy atom. The molecule has 0 saturated carbocycles. The van der Waals surface area contributed by atoms with Crippen LogP contribution in [0, 0.1) is 0 Å². The monoisotopic (exact) mass is 188 g/mol. The number of para-hydroxylation sites is 1. The molecule has 1 amide bonds. The van der Waals surface area contributed by atoms with Crippen LogP contribution < -0.4 is 11.2 Å². The van der Waals surface area contributed by atoms with E-state index in [4.69, 9.17) is 10.2 Å². The van der Waals surface area contributed by atoms with Gasteiger partial charge in [-0.2, -0.15) is 0 Å². The van der Waals surface area contributed by atoms with Crippen LogP contribution >= 0.6 is 0 Å². The van der Waals surface area contributed by atoms with E-state index in [1.165, 1.54) is 0 Å². The zero-order valence-electron chi connectivity index (χ0n) is 7.11. The van der Waals surface area contributed by atoms with E-state index in [9.17, 15) is 9.59 Å². The molecule has 0 saturated heterocycles. The third kappa shape index (κ3) is 1.17. The van der Waals surface area contributed by atoms with Crippen LogP contribution in [0.1, 0.15) is 10.4 Å². The van der Waals surface area contributed by atoms with E-state index in [2.05, 4.69) is 0 Å². The predicted molar refractivity (Wildman–Crippen MR) is 49.9 cm³/mol. The molecule has 0 aliphatic carbocycles. The lowest BCUT2D eigenvalue weighted by atomic mass is 10.2. The number of hydrogen-bond acceptors (Lipinski definition) is 3. The number of carbonyl (C=O) groups is 1. The molecule has 0 bridgehead atoms. The van der Waals surface area contributed by atoms with Crippen molar-refractivity contribution < 1.29 is 9.21 Å². The Kier molecular flexibility index (Phi) is 1.81. The van der Waals surface area contributed by atoms with Crippen LogP contribution in [0.3, 0.4) is 0 Å². The topological polar surface area (TPSA) is 71.1 Å². The molecule has 0 fully saturated rings. The van der Waals surface area contributed by atoms with Gasteiger partial charge in [-0.05, 0) is 12.1 Å². The highest BCUT2D eigenvalue weighted by Crippen LogP contribution is 2.09. The van der Waals surface area contributed by atoms with Gasteiger partial charge in [0.1, 0.15) is 17.4 Å². The number of benzene rings is 1. The maximum atomic E-state index is 11.6. The molecule has 0 atom stereocenters. The van der Waals surface area contributed by atoms with E-state index in [1.807, 2.05) is 0 Å². The minimum absolute atomic E-state index is 0.233. The summed E-state index contributed by atoms with van der Waals surface area (Å²) in [6.45, 7) is 0. The average molecular weight is 188 g/mol. The Labute approximate surface area is 78.9 Å². The van der Waals surface area contributed by atoms with Gasteiger partial charge < -0.3 is 4.42 Å². The number of nitrogens with one attached hydrogen (secondary N) is 1. The van der Waals surface area contributed by atoms with Gasteiger partial charge in [0.2, 0.25) is 5.43 Å². The summed E-state index contributed by atoms with van der Waals surface area (Å²) in [5.74, 6) is -1.02. The Morgan fingerprint density at radius 2 is 2.00 bits per heavy atom. The van der Waals surface area contributed by atoms with E-state index in [-0.39, 0.29) is 5.56 Å². The Morgan fingerprint density at radius 3 is 2.71 bits per heavy atom. The Hall–Kier alpha value is -2.10. The molecule has 1 N–H and O–H groups in total. The van der Waals surface area contributed by atoms with E-state index in [0.29, 0.717) is 11.0 Å². The number of rotatable bonds is 1. The van der Waals surface area contributed by atoms with Crippen molar-refractivity contribution in [1.29, 1.82) is 0 Å². The Bertz CT molecular complexity index is 557. The zero-order chi connectivity index (χ0) is 10.1. The van der Waals surface area contributed by atoms with E-state index in [0.717, 1.165) is 6.26 Å². The summed E-state index contributed by atoms with van der Waals surface area (Å²) < 4.78 is 5.04. The maximum Gasteiger partial charge on any atom is 0.276 e. The van der Waals surface area contributed by atoms with Crippen LogP contribution in [-0.4, -0.2) is 5.91 Å². The summed E-state index contributed by atoms with van der Waals surface area (Å²) in [7, 11) is 0. The van der Waals surface area contributed by atoms with Gasteiger partial charge >= 0.3 is 0 Å². The van der Waals surface area contributed by atoms with E-state index >= 15 is 0 Å². The van der Waals surface area contributed by atoms with Gasteiger partial charge in [0, 0.05) is 0 Å². The molecule has 1 aromatic carbocycles. The first kappa shape index (κ1) is 8.50. The fraction of sp³-hybridized carbons (Fsp3) is 0. The second kappa shape index (κ2) is 2.99. The molecule has 2 rings (SSSR count). The van der Waals surface area contributed by atoms with Crippen LogP contribution in [0.5, 0.6) is 0 Å². The molecule has 0 aliphatic heterocycles. The summed E-state index contributed by atoms with van der Waals surface area (Å²) in [6.07, 6.45) is 1.03. The minimum Gasteiger partial charge on any atom is -0.463 e. The zero-order valence-corrected chi connectivity index (χ0v) is 7.11. The fourth-order valence-corrected chi connectivity index (χ4v) is 1.23. The Balaban J connectivity index is 2.89. The van der Waals surface area contributed by atoms with Crippen LogP contribution in [0.15, 0.2) is 39.7 Å². The van der Waals surface area contributed by atoms with Crippen LogP contribution in [0.25, 0.3) is 11.0 Å². The van der Waals surface area contributed by atoms with Gasteiger partial charge in [0.25, 0.3) is 5.91 Å². The van der Waals surface area contributed by atoms with Crippen LogP contribution in [0.4, 0.5) is 0 Å². The van der Waals surface area contributed by atoms with Crippen molar-refractivity contribution in [3.63, 3.8) is 0 Å². The van der Waals surface area contributed by atoms with Crippen molar-refractivity contribution in [2.45, 2.75) is 0 Å². The van der Waals surface area contributed by atoms with Crippen molar-refractivity contribution in [2.75, 3.05) is 0 Å². The highest BCUT2D eigenvalue weighted by atomic mass is 16.3. The standard InChI is InChI=1S/C10H6NO3/c11-10(13)7-5-14-8-4-2-1-3-6(8)9(7)12/h1-5,11H. The van der Waals surface area contributed by atoms with E-state index in [1.54, 1.807) is 24.3 Å². The minimum atomic E-state index is -1.02. The smallest absolute Gasteiger partial charge is 0.276 e. The summed E-state index contributed by atoms with van der Waals surface area (Å²) in [6, 6.07) is 6.60. The predicted octanol–water partition coefficient (Wildman–Crippen LogP) is 1.22. The number of hydrogen-bond donors (Lipinski definition) is 0. The summed E-state index contributed by atoms with van der Waals surface area (Å²) in [5, 5.41) is 0.325. The van der Waals surface area contributed by atoms with Crippen molar-refractivity contribution >= 4 is 16.9 Å². The first-order valence-corrected chi connectivity index (χ1v) is 3.96. The number of amides is 1.